The molecule has 1 N–H and O–H groups in total. The highest BCUT2D eigenvalue weighted by Gasteiger charge is 2.32. The molecule has 3 heterocycles. The van der Waals surface area contributed by atoms with Crippen LogP contribution in [0, 0.1) is 5.92 Å². The molecule has 0 unspecified atom stereocenters. The van der Waals surface area contributed by atoms with E-state index in [9.17, 15) is 4.79 Å². The summed E-state index contributed by atoms with van der Waals surface area (Å²) >= 11 is 0. The third-order valence-corrected chi connectivity index (χ3v) is 5.67. The third-order valence-electron chi connectivity index (χ3n) is 5.67. The second-order valence-corrected chi connectivity index (χ2v) is 7.77. The van der Waals surface area contributed by atoms with Crippen molar-refractivity contribution >= 4 is 6.03 Å². The number of carbonyl (C=O) groups is 1. The highest BCUT2D eigenvalue weighted by atomic mass is 16.2. The van der Waals surface area contributed by atoms with Crippen LogP contribution in [-0.4, -0.2) is 53.5 Å². The van der Waals surface area contributed by atoms with Gasteiger partial charge in [0.1, 0.15) is 0 Å². The number of hydrogen-bond donors (Lipinski definition) is 1. The van der Waals surface area contributed by atoms with Crippen molar-refractivity contribution in [1.82, 2.24) is 20.1 Å². The minimum Gasteiger partial charge on any atom is -0.338 e. The Hall–Kier alpha value is -2.40. The number of urea groups is 1. The van der Waals surface area contributed by atoms with Gasteiger partial charge in [-0.1, -0.05) is 36.4 Å². The van der Waals surface area contributed by atoms with Crippen molar-refractivity contribution in [3.05, 3.63) is 66.0 Å². The van der Waals surface area contributed by atoms with Crippen LogP contribution in [0.4, 0.5) is 4.79 Å². The Morgan fingerprint density at radius 2 is 1.89 bits per heavy atom. The summed E-state index contributed by atoms with van der Waals surface area (Å²) in [6.45, 7) is 5.53. The summed E-state index contributed by atoms with van der Waals surface area (Å²) in [4.78, 5) is 21.2. The molecule has 2 aliphatic rings. The van der Waals surface area contributed by atoms with Gasteiger partial charge < -0.3 is 10.2 Å². The maximum atomic E-state index is 12.4. The van der Waals surface area contributed by atoms with Gasteiger partial charge in [0, 0.05) is 50.5 Å². The molecule has 27 heavy (non-hydrogen) atoms. The van der Waals surface area contributed by atoms with Crippen LogP contribution in [0.5, 0.6) is 0 Å². The van der Waals surface area contributed by atoms with E-state index in [0.717, 1.165) is 45.0 Å². The Morgan fingerprint density at radius 3 is 2.67 bits per heavy atom. The number of nitrogens with zero attached hydrogens (tertiary/aromatic N) is 3. The highest BCUT2D eigenvalue weighted by Crippen LogP contribution is 2.25. The topological polar surface area (TPSA) is 48.5 Å². The summed E-state index contributed by atoms with van der Waals surface area (Å²) < 4.78 is 0. The van der Waals surface area contributed by atoms with Gasteiger partial charge >= 0.3 is 6.03 Å². The lowest BCUT2D eigenvalue weighted by atomic mass is 9.96. The van der Waals surface area contributed by atoms with Crippen molar-refractivity contribution in [3.8, 4) is 0 Å². The minimum absolute atomic E-state index is 0.0716. The molecule has 0 spiro atoms. The monoisotopic (exact) mass is 364 g/mol. The van der Waals surface area contributed by atoms with Gasteiger partial charge in [0.15, 0.2) is 0 Å². The third kappa shape index (κ3) is 4.66. The van der Waals surface area contributed by atoms with Gasteiger partial charge in [-0.05, 0) is 43.0 Å². The van der Waals surface area contributed by atoms with Crippen molar-refractivity contribution in [2.75, 3.05) is 32.7 Å². The molecular weight excluding hydrogens is 336 g/mol. The van der Waals surface area contributed by atoms with Crippen LogP contribution in [0.25, 0.3) is 0 Å². The van der Waals surface area contributed by atoms with E-state index in [0.29, 0.717) is 11.8 Å². The zero-order valence-electron chi connectivity index (χ0n) is 15.8. The van der Waals surface area contributed by atoms with Crippen LogP contribution in [0.15, 0.2) is 54.7 Å². The van der Waals surface area contributed by atoms with E-state index < -0.39 is 0 Å². The molecule has 142 valence electrons. The number of aromatic nitrogens is 1. The summed E-state index contributed by atoms with van der Waals surface area (Å²) in [6.07, 6.45) is 4.23. The average Bonchev–Trinajstić information content (AvgIpc) is 2.67. The van der Waals surface area contributed by atoms with Crippen LogP contribution in [-0.2, 0) is 6.54 Å². The van der Waals surface area contributed by atoms with Crippen LogP contribution in [0.3, 0.4) is 0 Å². The Labute approximate surface area is 161 Å². The molecule has 5 heteroatoms. The molecule has 2 aromatic rings. The Bertz CT molecular complexity index is 730. The van der Waals surface area contributed by atoms with Gasteiger partial charge in [-0.3, -0.25) is 9.88 Å². The molecule has 1 aromatic heterocycles. The van der Waals surface area contributed by atoms with Crippen LogP contribution < -0.4 is 5.32 Å². The van der Waals surface area contributed by atoms with E-state index in [-0.39, 0.29) is 6.03 Å². The lowest BCUT2D eigenvalue weighted by Crippen LogP contribution is -2.53. The fourth-order valence-electron chi connectivity index (χ4n) is 4.10. The number of likely N-dealkylation sites (tertiary alicyclic amines) is 2. The standard InChI is InChI=1S/C22H28N4O/c27-22(26-16-20(17-26)21-10-4-5-11-23-21)24-13-19-9-6-12-25(15-19)14-18-7-2-1-3-8-18/h1-5,7-8,10-11,19-20H,6,9,12-17H2,(H,24,27)/t19-/m0/s1. The SMILES string of the molecule is O=C(NC[C@@H]1CCCN(Cc2ccccc2)C1)N1CC(c2ccccn2)C1. The van der Waals surface area contributed by atoms with Gasteiger partial charge in [0.05, 0.1) is 0 Å². The molecule has 5 nitrogen and oxygen atoms in total. The Kier molecular flexibility index (Phi) is 5.68. The smallest absolute Gasteiger partial charge is 0.317 e. The molecule has 4 rings (SSSR count). The Morgan fingerprint density at radius 1 is 1.07 bits per heavy atom. The molecule has 1 atom stereocenters. The highest BCUT2D eigenvalue weighted by molar-refractivity contribution is 5.75. The quantitative estimate of drug-likeness (QED) is 0.887. The van der Waals surface area contributed by atoms with Crippen molar-refractivity contribution in [1.29, 1.82) is 0 Å². The fraction of sp³-hybridized carbons (Fsp3) is 0.455. The lowest BCUT2D eigenvalue weighted by molar-refractivity contribution is 0.139. The molecule has 2 saturated heterocycles. The molecule has 1 aromatic carbocycles. The van der Waals surface area contributed by atoms with Crippen molar-refractivity contribution < 1.29 is 4.79 Å². The summed E-state index contributed by atoms with van der Waals surface area (Å²) in [6, 6.07) is 16.7. The van der Waals surface area contributed by atoms with Gasteiger partial charge in [0.2, 0.25) is 0 Å². The number of pyridine rings is 1. The number of hydrogen-bond acceptors (Lipinski definition) is 3. The summed E-state index contributed by atoms with van der Waals surface area (Å²) in [5, 5.41) is 3.15. The molecule has 2 aliphatic heterocycles. The maximum absolute atomic E-state index is 12.4. The van der Waals surface area contributed by atoms with Crippen LogP contribution >= 0.6 is 0 Å². The number of carbonyl (C=O) groups excluding carboxylic acids is 1. The van der Waals surface area contributed by atoms with Gasteiger partial charge in [0.25, 0.3) is 0 Å². The molecule has 0 bridgehead atoms. The van der Waals surface area contributed by atoms with Gasteiger partial charge in [-0.15, -0.1) is 0 Å². The zero-order chi connectivity index (χ0) is 18.5. The maximum Gasteiger partial charge on any atom is 0.317 e. The number of benzene rings is 1. The molecule has 0 aliphatic carbocycles. The first kappa shape index (κ1) is 18.0. The van der Waals surface area contributed by atoms with Crippen molar-refractivity contribution in [2.45, 2.75) is 25.3 Å². The molecule has 0 saturated carbocycles. The molecule has 2 amide bonds. The zero-order valence-corrected chi connectivity index (χ0v) is 15.8. The minimum atomic E-state index is 0.0716. The summed E-state index contributed by atoms with van der Waals surface area (Å²) in [5.41, 5.74) is 2.45. The predicted octanol–water partition coefficient (Wildman–Crippen LogP) is 3.10. The van der Waals surface area contributed by atoms with Crippen molar-refractivity contribution in [2.24, 2.45) is 5.92 Å². The van der Waals surface area contributed by atoms with Crippen LogP contribution in [0.1, 0.15) is 30.0 Å². The van der Waals surface area contributed by atoms with E-state index in [1.54, 1.807) is 0 Å². The number of amides is 2. The first-order valence-electron chi connectivity index (χ1n) is 9.98. The first-order chi connectivity index (χ1) is 13.3. The fourth-order valence-corrected chi connectivity index (χ4v) is 4.10. The van der Waals surface area contributed by atoms with E-state index in [4.69, 9.17) is 0 Å². The number of piperidine rings is 1. The molecule has 2 fully saturated rings. The summed E-state index contributed by atoms with van der Waals surface area (Å²) in [5.74, 6) is 0.923. The predicted molar refractivity (Wildman–Crippen MR) is 106 cm³/mol. The van der Waals surface area contributed by atoms with Crippen molar-refractivity contribution in [3.63, 3.8) is 0 Å². The molecular formula is C22H28N4O. The Balaban J connectivity index is 1.19. The van der Waals surface area contributed by atoms with E-state index in [1.165, 1.54) is 18.4 Å². The normalized spacial score (nSPS) is 20.9. The lowest BCUT2D eigenvalue weighted by Gasteiger charge is -2.39. The van der Waals surface area contributed by atoms with E-state index in [2.05, 4.69) is 45.5 Å². The van der Waals surface area contributed by atoms with E-state index >= 15 is 0 Å². The first-order valence-corrected chi connectivity index (χ1v) is 9.98. The average molecular weight is 364 g/mol. The van der Waals surface area contributed by atoms with Gasteiger partial charge in [-0.25, -0.2) is 4.79 Å². The largest absolute Gasteiger partial charge is 0.338 e. The second-order valence-electron chi connectivity index (χ2n) is 7.77. The second kappa shape index (κ2) is 8.53. The van der Waals surface area contributed by atoms with E-state index in [1.807, 2.05) is 29.3 Å². The van der Waals surface area contributed by atoms with Crippen LogP contribution in [0.2, 0.25) is 0 Å². The number of nitrogens with one attached hydrogen (secondary N) is 1. The van der Waals surface area contributed by atoms with Gasteiger partial charge in [-0.2, -0.15) is 0 Å². The molecule has 0 radical (unpaired) electrons. The number of rotatable bonds is 5. The summed E-state index contributed by atoms with van der Waals surface area (Å²) in [7, 11) is 0.